The van der Waals surface area contributed by atoms with Gasteiger partial charge in [-0.15, -0.1) is 0 Å². The Balaban J connectivity index is 2.04. The smallest absolute Gasteiger partial charge is 0.263 e. The summed E-state index contributed by atoms with van der Waals surface area (Å²) in [7, 11) is 0. The first-order valence-corrected chi connectivity index (χ1v) is 5.62. The van der Waals surface area contributed by atoms with E-state index >= 15 is 0 Å². The molecule has 0 amide bonds. The molecule has 0 aliphatic rings. The van der Waals surface area contributed by atoms with Crippen molar-refractivity contribution in [3.63, 3.8) is 0 Å². The van der Waals surface area contributed by atoms with E-state index in [1.54, 1.807) is 0 Å². The molecule has 0 fully saturated rings. The molecule has 0 atom stereocenters. The van der Waals surface area contributed by atoms with Crippen molar-refractivity contribution in [2.24, 2.45) is 0 Å². The van der Waals surface area contributed by atoms with Crippen molar-refractivity contribution in [1.82, 2.24) is 0 Å². The van der Waals surface area contributed by atoms with E-state index in [4.69, 9.17) is 0 Å². The van der Waals surface area contributed by atoms with Gasteiger partial charge in [-0.05, 0) is 23.8 Å². The molecule has 0 unspecified atom stereocenters. The van der Waals surface area contributed by atoms with Gasteiger partial charge in [-0.2, -0.15) is 0 Å². The Kier molecular flexibility index (Phi) is 4.04. The van der Waals surface area contributed by atoms with E-state index in [1.165, 1.54) is 24.3 Å². The predicted octanol–water partition coefficient (Wildman–Crippen LogP) is 4.51. The van der Waals surface area contributed by atoms with E-state index in [9.17, 15) is 17.6 Å². The molecule has 1 N–H and O–H groups in total. The molecule has 2 rings (SSSR count). The van der Waals surface area contributed by atoms with Crippen molar-refractivity contribution < 1.29 is 17.6 Å². The van der Waals surface area contributed by atoms with Crippen molar-refractivity contribution in [2.45, 2.75) is 13.0 Å². The number of halogens is 4. The summed E-state index contributed by atoms with van der Waals surface area (Å²) in [6.07, 6.45) is -2.51. The number of rotatable bonds is 4. The summed E-state index contributed by atoms with van der Waals surface area (Å²) in [5, 5.41) is 2.72. The Bertz CT molecular complexity index is 552. The van der Waals surface area contributed by atoms with Crippen LogP contribution in [0.3, 0.4) is 0 Å². The molecule has 0 heterocycles. The first-order chi connectivity index (χ1) is 9.06. The largest absolute Gasteiger partial charge is 0.379 e. The third-order valence-corrected chi connectivity index (χ3v) is 2.64. The van der Waals surface area contributed by atoms with E-state index in [-0.39, 0.29) is 17.8 Å². The lowest BCUT2D eigenvalue weighted by Gasteiger charge is -2.08. The van der Waals surface area contributed by atoms with Gasteiger partial charge in [-0.1, -0.05) is 24.3 Å². The van der Waals surface area contributed by atoms with Crippen LogP contribution in [0.4, 0.5) is 23.2 Å². The van der Waals surface area contributed by atoms with Gasteiger partial charge in [-0.25, -0.2) is 17.6 Å². The molecule has 0 radical (unpaired) electrons. The molecule has 0 aliphatic carbocycles. The number of anilines is 1. The van der Waals surface area contributed by atoms with E-state index in [1.807, 2.05) is 0 Å². The highest BCUT2D eigenvalue weighted by Crippen LogP contribution is 2.20. The zero-order chi connectivity index (χ0) is 13.8. The van der Waals surface area contributed by atoms with Crippen LogP contribution in [-0.2, 0) is 6.54 Å². The highest BCUT2D eigenvalue weighted by Gasteiger charge is 2.06. The molecule has 0 bridgehead atoms. The van der Waals surface area contributed by atoms with Gasteiger partial charge in [0.1, 0.15) is 11.6 Å². The van der Waals surface area contributed by atoms with Crippen molar-refractivity contribution in [2.75, 3.05) is 5.32 Å². The summed E-state index contributed by atoms with van der Waals surface area (Å²) >= 11 is 0. The molecule has 1 nitrogen and oxygen atoms in total. The Morgan fingerprint density at radius 1 is 0.947 bits per heavy atom. The van der Waals surface area contributed by atoms with Gasteiger partial charge in [0.05, 0.1) is 5.69 Å². The number of hydrogen-bond donors (Lipinski definition) is 1. The molecule has 100 valence electrons. The maximum Gasteiger partial charge on any atom is 0.263 e. The van der Waals surface area contributed by atoms with Gasteiger partial charge in [0.25, 0.3) is 6.43 Å². The Hall–Kier alpha value is -2.04. The molecule has 19 heavy (non-hydrogen) atoms. The van der Waals surface area contributed by atoms with Gasteiger partial charge in [-0.3, -0.25) is 0 Å². The summed E-state index contributed by atoms with van der Waals surface area (Å²) in [5.41, 5.74) is 0.673. The fourth-order valence-corrected chi connectivity index (χ4v) is 1.61. The highest BCUT2D eigenvalue weighted by molar-refractivity contribution is 5.45. The average molecular weight is 269 g/mol. The van der Waals surface area contributed by atoms with E-state index in [2.05, 4.69) is 5.32 Å². The highest BCUT2D eigenvalue weighted by atomic mass is 19.3. The van der Waals surface area contributed by atoms with E-state index in [0.717, 1.165) is 18.2 Å². The number of benzene rings is 2. The van der Waals surface area contributed by atoms with Crippen LogP contribution in [0.25, 0.3) is 0 Å². The molecule has 0 saturated carbocycles. The third-order valence-electron chi connectivity index (χ3n) is 2.64. The van der Waals surface area contributed by atoms with Crippen molar-refractivity contribution in [3.05, 3.63) is 65.2 Å². The van der Waals surface area contributed by atoms with Gasteiger partial charge < -0.3 is 5.32 Å². The quantitative estimate of drug-likeness (QED) is 0.805. The zero-order valence-electron chi connectivity index (χ0n) is 9.84. The Morgan fingerprint density at radius 2 is 1.63 bits per heavy atom. The zero-order valence-corrected chi connectivity index (χ0v) is 9.84. The third kappa shape index (κ3) is 3.47. The SMILES string of the molecule is Fc1ccc(F)c(NCc2ccc(C(F)F)cc2)c1. The molecular formula is C14H11F4N. The summed E-state index contributed by atoms with van der Waals surface area (Å²) in [6.45, 7) is 0.226. The van der Waals surface area contributed by atoms with Gasteiger partial charge in [0, 0.05) is 12.1 Å². The summed E-state index contributed by atoms with van der Waals surface area (Å²) < 4.78 is 50.9. The van der Waals surface area contributed by atoms with Crippen LogP contribution in [0.1, 0.15) is 17.6 Å². The second-order valence-electron chi connectivity index (χ2n) is 4.02. The summed E-state index contributed by atoms with van der Waals surface area (Å²) in [4.78, 5) is 0. The molecule has 0 aliphatic heterocycles. The van der Waals surface area contributed by atoms with Crippen LogP contribution < -0.4 is 5.32 Å². The maximum absolute atomic E-state index is 13.3. The lowest BCUT2D eigenvalue weighted by Crippen LogP contribution is -2.02. The predicted molar refractivity (Wildman–Crippen MR) is 65.1 cm³/mol. The van der Waals surface area contributed by atoms with Crippen LogP contribution in [0.2, 0.25) is 0 Å². The molecule has 2 aromatic rings. The first kappa shape index (κ1) is 13.4. The number of alkyl halides is 2. The van der Waals surface area contributed by atoms with E-state index < -0.39 is 18.1 Å². The lowest BCUT2D eigenvalue weighted by molar-refractivity contribution is 0.151. The lowest BCUT2D eigenvalue weighted by atomic mass is 10.1. The van der Waals surface area contributed by atoms with E-state index in [0.29, 0.717) is 5.56 Å². The Morgan fingerprint density at radius 3 is 2.26 bits per heavy atom. The standard InChI is InChI=1S/C14H11F4N/c15-11-5-6-12(16)13(7-11)19-8-9-1-3-10(4-2-9)14(17)18/h1-7,14,19H,8H2. The molecule has 0 saturated heterocycles. The monoisotopic (exact) mass is 269 g/mol. The minimum absolute atomic E-state index is 0.0398. The Labute approximate surface area is 107 Å². The van der Waals surface area contributed by atoms with Crippen LogP contribution in [0, 0.1) is 11.6 Å². The normalized spacial score (nSPS) is 10.8. The molecular weight excluding hydrogens is 258 g/mol. The van der Waals surface area contributed by atoms with Crippen LogP contribution in [0.5, 0.6) is 0 Å². The first-order valence-electron chi connectivity index (χ1n) is 5.62. The topological polar surface area (TPSA) is 12.0 Å². The summed E-state index contributed by atoms with van der Waals surface area (Å²) in [5.74, 6) is -1.11. The number of nitrogens with one attached hydrogen (secondary N) is 1. The van der Waals surface area contributed by atoms with Gasteiger partial charge in [0.15, 0.2) is 0 Å². The maximum atomic E-state index is 13.3. The number of hydrogen-bond acceptors (Lipinski definition) is 1. The second kappa shape index (κ2) is 5.73. The molecule has 0 aromatic heterocycles. The minimum atomic E-state index is -2.51. The average Bonchev–Trinajstić information content (AvgIpc) is 2.40. The second-order valence-corrected chi connectivity index (χ2v) is 4.02. The van der Waals surface area contributed by atoms with Crippen molar-refractivity contribution >= 4 is 5.69 Å². The van der Waals surface area contributed by atoms with Crippen molar-refractivity contribution in [3.8, 4) is 0 Å². The fraction of sp³-hybridized carbons (Fsp3) is 0.143. The fourth-order valence-electron chi connectivity index (χ4n) is 1.61. The van der Waals surface area contributed by atoms with Gasteiger partial charge >= 0.3 is 0 Å². The van der Waals surface area contributed by atoms with Crippen LogP contribution in [0.15, 0.2) is 42.5 Å². The van der Waals surface area contributed by atoms with Gasteiger partial charge in [0.2, 0.25) is 0 Å². The molecule has 0 spiro atoms. The molecule has 5 heteroatoms. The summed E-state index contributed by atoms with van der Waals surface area (Å²) in [6, 6.07) is 8.75. The van der Waals surface area contributed by atoms with Crippen LogP contribution >= 0.6 is 0 Å². The van der Waals surface area contributed by atoms with Crippen LogP contribution in [-0.4, -0.2) is 0 Å². The van der Waals surface area contributed by atoms with Crippen molar-refractivity contribution in [1.29, 1.82) is 0 Å². The molecule has 2 aromatic carbocycles. The minimum Gasteiger partial charge on any atom is -0.379 e.